The molecule has 9 aromatic rings. The van der Waals surface area contributed by atoms with Gasteiger partial charge < -0.3 is 9.13 Å². The minimum atomic E-state index is 0.515. The third kappa shape index (κ3) is 3.80. The van der Waals surface area contributed by atoms with E-state index in [1.807, 2.05) is 23.5 Å². The predicted octanol–water partition coefficient (Wildman–Crippen LogP) is 11.8. The van der Waals surface area contributed by atoms with Crippen molar-refractivity contribution in [2.24, 2.45) is 5.92 Å². The lowest BCUT2D eigenvalue weighted by atomic mass is 9.93. The largest absolute Gasteiger partial charge is 0.308 e. The number of thiophene rings is 1. The highest BCUT2D eigenvalue weighted by Gasteiger charge is 2.24. The van der Waals surface area contributed by atoms with Gasteiger partial charge in [0.05, 0.1) is 32.5 Å². The summed E-state index contributed by atoms with van der Waals surface area (Å²) in [6, 6.07) is 47.9. The maximum absolute atomic E-state index is 10.5. The van der Waals surface area contributed by atoms with Crippen LogP contribution in [0.5, 0.6) is 0 Å². The molecule has 6 aromatic carbocycles. The number of benzene rings is 6. The first kappa shape index (κ1) is 27.2. The molecule has 0 N–H and O–H groups in total. The van der Waals surface area contributed by atoms with E-state index in [0.29, 0.717) is 11.5 Å². The van der Waals surface area contributed by atoms with Crippen LogP contribution in [-0.4, -0.2) is 9.13 Å². The predicted molar refractivity (Wildman–Crippen MR) is 203 cm³/mol. The first-order valence-electron chi connectivity index (χ1n) is 16.5. The summed E-state index contributed by atoms with van der Waals surface area (Å²) in [6.45, 7) is 2.31. The van der Waals surface area contributed by atoms with Crippen molar-refractivity contribution in [1.29, 1.82) is 5.26 Å². The molecule has 3 nitrogen and oxygen atoms in total. The van der Waals surface area contributed by atoms with E-state index in [4.69, 9.17) is 0 Å². The van der Waals surface area contributed by atoms with Crippen LogP contribution >= 0.6 is 11.3 Å². The Hall–Kier alpha value is -5.89. The van der Waals surface area contributed by atoms with Crippen LogP contribution < -0.4 is 0 Å². The number of fused-ring (bicyclic) bond motifs is 10. The number of hydrogen-bond acceptors (Lipinski definition) is 2. The fourth-order valence-corrected chi connectivity index (χ4v) is 9.22. The fourth-order valence-electron chi connectivity index (χ4n) is 8.00. The molecule has 0 spiro atoms. The molecule has 226 valence electrons. The van der Waals surface area contributed by atoms with Crippen LogP contribution in [0.4, 0.5) is 0 Å². The van der Waals surface area contributed by atoms with E-state index in [1.54, 1.807) is 0 Å². The summed E-state index contributed by atoms with van der Waals surface area (Å²) in [5, 5.41) is 16.7. The van der Waals surface area contributed by atoms with Gasteiger partial charge in [0.2, 0.25) is 0 Å². The normalized spacial score (nSPS) is 14.4. The average Bonchev–Trinajstić information content (AvgIpc) is 3.79. The molecule has 1 atom stereocenters. The van der Waals surface area contributed by atoms with Gasteiger partial charge in [-0.1, -0.05) is 97.9 Å². The smallest absolute Gasteiger partial charge is 0.101 e. The highest BCUT2D eigenvalue weighted by Crippen LogP contribution is 2.46. The van der Waals surface area contributed by atoms with Crippen LogP contribution in [0.2, 0.25) is 0 Å². The quantitative estimate of drug-likeness (QED) is 0.191. The lowest BCUT2D eigenvalue weighted by Gasteiger charge is -2.16. The van der Waals surface area contributed by atoms with E-state index in [0.717, 1.165) is 34.3 Å². The molecule has 3 aromatic heterocycles. The molecule has 0 amide bonds. The summed E-state index contributed by atoms with van der Waals surface area (Å²) in [5.41, 5.74) is 11.1. The minimum absolute atomic E-state index is 0.515. The van der Waals surface area contributed by atoms with Crippen LogP contribution in [0.1, 0.15) is 23.7 Å². The molecule has 10 rings (SSSR count). The highest BCUT2D eigenvalue weighted by molar-refractivity contribution is 7.26. The maximum Gasteiger partial charge on any atom is 0.101 e. The van der Waals surface area contributed by atoms with Gasteiger partial charge in [-0.25, -0.2) is 0 Å². The molecule has 0 saturated carbocycles. The Kier molecular flexibility index (Phi) is 5.85. The summed E-state index contributed by atoms with van der Waals surface area (Å²) < 4.78 is 7.33. The Morgan fingerprint density at radius 2 is 1.42 bits per heavy atom. The van der Waals surface area contributed by atoms with Gasteiger partial charge in [0.25, 0.3) is 0 Å². The maximum atomic E-state index is 10.5. The van der Waals surface area contributed by atoms with Crippen molar-refractivity contribution in [3.05, 3.63) is 150 Å². The fraction of sp³-hybridized carbons (Fsp3) is 0.0682. The Balaban J connectivity index is 1.25. The van der Waals surface area contributed by atoms with E-state index in [-0.39, 0.29) is 0 Å². The second-order valence-electron chi connectivity index (χ2n) is 12.9. The number of allylic oxidation sites excluding steroid dienone is 1. The van der Waals surface area contributed by atoms with Crippen molar-refractivity contribution in [2.45, 2.75) is 13.3 Å². The van der Waals surface area contributed by atoms with Crippen LogP contribution in [0, 0.1) is 17.2 Å². The monoisotopic (exact) mass is 631 g/mol. The minimum Gasteiger partial charge on any atom is -0.308 e. The van der Waals surface area contributed by atoms with E-state index >= 15 is 0 Å². The first-order valence-corrected chi connectivity index (χ1v) is 17.3. The van der Waals surface area contributed by atoms with Crippen molar-refractivity contribution >= 4 is 70.3 Å². The number of nitrogens with zero attached hydrogens (tertiary/aromatic N) is 3. The zero-order valence-corrected chi connectivity index (χ0v) is 27.1. The number of para-hydroxylation sites is 4. The van der Waals surface area contributed by atoms with Gasteiger partial charge in [0.1, 0.15) is 6.07 Å². The Labute approximate surface area is 281 Å². The number of aromatic nitrogens is 2. The molecule has 0 aliphatic heterocycles. The lowest BCUT2D eigenvalue weighted by molar-refractivity contribution is 0.718. The highest BCUT2D eigenvalue weighted by atomic mass is 32.1. The van der Waals surface area contributed by atoms with E-state index in [9.17, 15) is 5.26 Å². The van der Waals surface area contributed by atoms with Gasteiger partial charge in [-0.2, -0.15) is 5.26 Å². The van der Waals surface area contributed by atoms with Crippen LogP contribution in [0.3, 0.4) is 0 Å². The van der Waals surface area contributed by atoms with Crippen molar-refractivity contribution in [3.8, 4) is 28.6 Å². The van der Waals surface area contributed by atoms with Crippen molar-refractivity contribution in [2.75, 3.05) is 0 Å². The van der Waals surface area contributed by atoms with Gasteiger partial charge in [0, 0.05) is 48.6 Å². The third-order valence-electron chi connectivity index (χ3n) is 10.1. The SMILES string of the molecule is CC1C=Cc2c(c3ccc4c5cc(-c6cccc(C#N)c6-n6c7ccccc7c7ccccc76)ccc5sc4c3n2-c2ccccc2)C1. The Morgan fingerprint density at radius 1 is 0.688 bits per heavy atom. The molecule has 0 saturated heterocycles. The Morgan fingerprint density at radius 3 is 2.19 bits per heavy atom. The summed E-state index contributed by atoms with van der Waals surface area (Å²) in [6.07, 6.45) is 5.72. The molecule has 0 bridgehead atoms. The van der Waals surface area contributed by atoms with Gasteiger partial charge in [-0.15, -0.1) is 11.3 Å². The molecular formula is C44H29N3S. The summed E-state index contributed by atoms with van der Waals surface area (Å²) in [4.78, 5) is 0. The average molecular weight is 632 g/mol. The zero-order chi connectivity index (χ0) is 31.9. The molecule has 1 aliphatic carbocycles. The molecule has 4 heteroatoms. The third-order valence-corrected chi connectivity index (χ3v) is 11.3. The molecule has 0 fully saturated rings. The second kappa shape index (κ2) is 10.3. The van der Waals surface area contributed by atoms with Crippen molar-refractivity contribution in [3.63, 3.8) is 0 Å². The summed E-state index contributed by atoms with van der Waals surface area (Å²) >= 11 is 1.88. The first-order chi connectivity index (χ1) is 23.7. The van der Waals surface area contributed by atoms with Crippen molar-refractivity contribution < 1.29 is 0 Å². The molecule has 3 heterocycles. The van der Waals surface area contributed by atoms with Gasteiger partial charge in [0.15, 0.2) is 0 Å². The zero-order valence-electron chi connectivity index (χ0n) is 26.3. The van der Waals surface area contributed by atoms with Gasteiger partial charge in [-0.3, -0.25) is 0 Å². The van der Waals surface area contributed by atoms with Crippen LogP contribution in [-0.2, 0) is 6.42 Å². The molecular weight excluding hydrogens is 603 g/mol. The van der Waals surface area contributed by atoms with E-state index < -0.39 is 0 Å². The standard InChI is InChI=1S/C44H29N3S/c1-27-18-22-40-36(24-27)34-20-21-35-37-25-28(19-23-41(37)48-44(35)43(34)46(40)30-11-3-2-4-12-30)31-15-9-10-29(26-45)42(31)47-38-16-7-5-13-32(38)33-14-6-8-17-39(33)47/h2-23,25,27H,24H2,1H3. The lowest BCUT2D eigenvalue weighted by Crippen LogP contribution is -2.05. The van der Waals surface area contributed by atoms with E-state index in [1.165, 1.54) is 58.8 Å². The summed E-state index contributed by atoms with van der Waals surface area (Å²) in [7, 11) is 0. The molecule has 0 radical (unpaired) electrons. The van der Waals surface area contributed by atoms with E-state index in [2.05, 4.69) is 150 Å². The topological polar surface area (TPSA) is 33.6 Å². The van der Waals surface area contributed by atoms with Gasteiger partial charge >= 0.3 is 0 Å². The van der Waals surface area contributed by atoms with Crippen LogP contribution in [0.15, 0.2) is 133 Å². The van der Waals surface area contributed by atoms with Crippen LogP contribution in [0.25, 0.3) is 81.5 Å². The number of nitriles is 1. The molecule has 48 heavy (non-hydrogen) atoms. The number of rotatable bonds is 3. The molecule has 1 aliphatic rings. The molecule has 1 unspecified atom stereocenters. The number of hydrogen-bond donors (Lipinski definition) is 0. The van der Waals surface area contributed by atoms with Crippen molar-refractivity contribution in [1.82, 2.24) is 9.13 Å². The second-order valence-corrected chi connectivity index (χ2v) is 14.0. The summed E-state index contributed by atoms with van der Waals surface area (Å²) in [5.74, 6) is 0.515. The van der Waals surface area contributed by atoms with Gasteiger partial charge in [-0.05, 0) is 72.0 Å². The Bertz CT molecular complexity index is 2780.